The highest BCUT2D eigenvalue weighted by atomic mass is 16.5. The summed E-state index contributed by atoms with van der Waals surface area (Å²) in [5.74, 6) is -0.791. The van der Waals surface area contributed by atoms with Crippen LogP contribution in [-0.4, -0.2) is 65.9 Å². The number of Topliss-reactive ketones (excluding diaryl/α,β-unsaturated/α-hetero) is 1. The second-order valence-electron chi connectivity index (χ2n) is 7.72. The van der Waals surface area contributed by atoms with Crippen molar-refractivity contribution in [3.63, 3.8) is 0 Å². The Morgan fingerprint density at radius 1 is 1.23 bits per heavy atom. The second kappa shape index (κ2) is 8.67. The molecule has 1 N–H and O–H groups in total. The number of hydrogen-bond donors (Lipinski definition) is 1. The van der Waals surface area contributed by atoms with Gasteiger partial charge < -0.3 is 19.6 Å². The maximum atomic E-state index is 13.0. The Bertz CT molecular complexity index is 999. The lowest BCUT2D eigenvalue weighted by molar-refractivity contribution is -0.140. The first-order chi connectivity index (χ1) is 14.3. The smallest absolute Gasteiger partial charge is 0.295 e. The number of aryl methyl sites for hydroxylation is 2. The van der Waals surface area contributed by atoms with Gasteiger partial charge in [0, 0.05) is 31.0 Å². The molecule has 2 aromatic rings. The molecule has 1 fully saturated rings. The van der Waals surface area contributed by atoms with Crippen molar-refractivity contribution in [1.82, 2.24) is 14.8 Å². The van der Waals surface area contributed by atoms with E-state index >= 15 is 0 Å². The van der Waals surface area contributed by atoms with Crippen molar-refractivity contribution in [3.8, 4) is 5.75 Å². The van der Waals surface area contributed by atoms with Gasteiger partial charge in [-0.15, -0.1) is 0 Å². The number of methoxy groups -OCH3 is 1. The number of carbonyl (C=O) groups excluding carboxylic acids is 2. The Hall–Kier alpha value is -3.19. The highest BCUT2D eigenvalue weighted by Crippen LogP contribution is 2.40. The predicted octanol–water partition coefficient (Wildman–Crippen LogP) is 2.69. The van der Waals surface area contributed by atoms with Crippen LogP contribution in [0.4, 0.5) is 0 Å². The van der Waals surface area contributed by atoms with Crippen LogP contribution in [0.2, 0.25) is 0 Å². The zero-order valence-electron chi connectivity index (χ0n) is 18.0. The van der Waals surface area contributed by atoms with Crippen molar-refractivity contribution >= 4 is 17.4 Å². The molecule has 1 aromatic heterocycles. The van der Waals surface area contributed by atoms with E-state index < -0.39 is 17.7 Å². The van der Waals surface area contributed by atoms with Crippen LogP contribution in [0.1, 0.15) is 28.3 Å². The third kappa shape index (κ3) is 3.93. The average molecular weight is 409 g/mol. The van der Waals surface area contributed by atoms with E-state index in [2.05, 4.69) is 4.98 Å². The fraction of sp³-hybridized carbons (Fsp3) is 0.348. The molecule has 1 aliphatic rings. The Kier molecular flexibility index (Phi) is 6.22. The summed E-state index contributed by atoms with van der Waals surface area (Å²) < 4.78 is 5.35. The molecular weight excluding hydrogens is 382 g/mol. The quantitative estimate of drug-likeness (QED) is 0.449. The van der Waals surface area contributed by atoms with Crippen LogP contribution in [0.3, 0.4) is 0 Å². The Morgan fingerprint density at radius 2 is 1.97 bits per heavy atom. The molecule has 7 heteroatoms. The fourth-order valence-corrected chi connectivity index (χ4v) is 3.71. The molecule has 30 heavy (non-hydrogen) atoms. The van der Waals surface area contributed by atoms with Crippen LogP contribution in [0.5, 0.6) is 5.75 Å². The molecule has 2 heterocycles. The molecule has 158 valence electrons. The molecule has 0 bridgehead atoms. The lowest BCUT2D eigenvalue weighted by Crippen LogP contribution is -2.35. The van der Waals surface area contributed by atoms with Gasteiger partial charge in [-0.05, 0) is 62.8 Å². The predicted molar refractivity (Wildman–Crippen MR) is 114 cm³/mol. The van der Waals surface area contributed by atoms with E-state index in [1.54, 1.807) is 31.6 Å². The largest absolute Gasteiger partial charge is 0.507 e. The van der Waals surface area contributed by atoms with Crippen LogP contribution < -0.4 is 4.74 Å². The molecular formula is C23H27N3O4. The highest BCUT2D eigenvalue weighted by molar-refractivity contribution is 6.46. The van der Waals surface area contributed by atoms with E-state index in [0.29, 0.717) is 30.0 Å². The average Bonchev–Trinajstić information content (AvgIpc) is 2.98. The summed E-state index contributed by atoms with van der Waals surface area (Å²) in [7, 11) is 5.39. The van der Waals surface area contributed by atoms with Crippen LogP contribution in [-0.2, 0) is 9.59 Å². The zero-order chi connectivity index (χ0) is 22.0. The van der Waals surface area contributed by atoms with Gasteiger partial charge in [0.15, 0.2) is 0 Å². The monoisotopic (exact) mass is 409 g/mol. The number of aromatic nitrogens is 1. The van der Waals surface area contributed by atoms with E-state index in [1.165, 1.54) is 4.90 Å². The number of amides is 1. The van der Waals surface area contributed by atoms with Crippen molar-refractivity contribution < 1.29 is 19.4 Å². The first kappa shape index (κ1) is 21.5. The molecule has 1 aromatic carbocycles. The van der Waals surface area contributed by atoms with Gasteiger partial charge in [-0.3, -0.25) is 14.6 Å². The van der Waals surface area contributed by atoms with Crippen molar-refractivity contribution in [2.45, 2.75) is 19.9 Å². The number of nitrogens with zero attached hydrogens (tertiary/aromatic N) is 3. The van der Waals surface area contributed by atoms with Gasteiger partial charge in [-0.1, -0.05) is 6.07 Å². The van der Waals surface area contributed by atoms with Gasteiger partial charge in [0.2, 0.25) is 0 Å². The second-order valence-corrected chi connectivity index (χ2v) is 7.72. The fourth-order valence-electron chi connectivity index (χ4n) is 3.71. The molecule has 7 nitrogen and oxygen atoms in total. The summed E-state index contributed by atoms with van der Waals surface area (Å²) in [6, 6.07) is 6.46. The molecule has 1 amide bonds. The topological polar surface area (TPSA) is 83.0 Å². The number of carbonyl (C=O) groups is 2. The van der Waals surface area contributed by atoms with Gasteiger partial charge in [-0.25, -0.2) is 0 Å². The van der Waals surface area contributed by atoms with Gasteiger partial charge in [-0.2, -0.15) is 0 Å². The number of hydrogen-bond acceptors (Lipinski definition) is 6. The first-order valence-electron chi connectivity index (χ1n) is 9.75. The van der Waals surface area contributed by atoms with Crippen LogP contribution in [0.25, 0.3) is 5.76 Å². The minimum absolute atomic E-state index is 0.0828. The van der Waals surface area contributed by atoms with Crippen LogP contribution >= 0.6 is 0 Å². The Labute approximate surface area is 176 Å². The number of ketones is 1. The molecule has 0 radical (unpaired) electrons. The molecule has 1 saturated heterocycles. The lowest BCUT2D eigenvalue weighted by atomic mass is 9.93. The van der Waals surface area contributed by atoms with Gasteiger partial charge >= 0.3 is 0 Å². The third-order valence-electron chi connectivity index (χ3n) is 5.33. The molecule has 1 unspecified atom stereocenters. The minimum atomic E-state index is -0.694. The number of likely N-dealkylation sites (tertiary alicyclic amines) is 1. The number of rotatable bonds is 6. The first-order valence-corrected chi connectivity index (χ1v) is 9.75. The molecule has 3 rings (SSSR count). The van der Waals surface area contributed by atoms with E-state index in [4.69, 9.17) is 4.74 Å². The molecule has 1 atom stereocenters. The summed E-state index contributed by atoms with van der Waals surface area (Å²) in [5.41, 5.74) is 2.84. The number of benzene rings is 1. The number of aliphatic hydroxyl groups is 1. The number of ether oxygens (including phenoxy) is 1. The molecule has 1 aliphatic heterocycles. The van der Waals surface area contributed by atoms with Crippen LogP contribution in [0.15, 0.2) is 42.2 Å². The number of pyridine rings is 1. The standard InChI is InChI=1S/C23H27N3O4/c1-14-12-18(30-5)15(2)11-17(14)21(27)19-20(16-7-6-8-24-13-16)26(10-9-25(3)4)23(29)22(19)28/h6-8,11-13,20,27H,9-10H2,1-5H3/b21-19+. The van der Waals surface area contributed by atoms with Crippen LogP contribution in [0, 0.1) is 13.8 Å². The Balaban J connectivity index is 2.18. The van der Waals surface area contributed by atoms with E-state index in [-0.39, 0.29) is 11.3 Å². The summed E-state index contributed by atoms with van der Waals surface area (Å²) in [4.78, 5) is 33.5. The molecule has 0 aliphatic carbocycles. The third-order valence-corrected chi connectivity index (χ3v) is 5.33. The summed E-state index contributed by atoms with van der Waals surface area (Å²) in [6.45, 7) is 4.64. The lowest BCUT2D eigenvalue weighted by Gasteiger charge is -2.26. The minimum Gasteiger partial charge on any atom is -0.507 e. The normalized spacial score (nSPS) is 18.3. The van der Waals surface area contributed by atoms with Gasteiger partial charge in [0.25, 0.3) is 11.7 Å². The van der Waals surface area contributed by atoms with Crippen molar-refractivity contribution in [2.75, 3.05) is 34.3 Å². The SMILES string of the molecule is COc1cc(C)c(/C(O)=C2\C(=O)C(=O)N(CCN(C)C)C2c2cccnc2)cc1C. The molecule has 0 saturated carbocycles. The zero-order valence-corrected chi connectivity index (χ0v) is 18.0. The van der Waals surface area contributed by atoms with E-state index in [1.807, 2.05) is 45.0 Å². The molecule has 0 spiro atoms. The number of likely N-dealkylation sites (N-methyl/N-ethyl adjacent to an activating group) is 1. The van der Waals surface area contributed by atoms with Gasteiger partial charge in [0.1, 0.15) is 11.5 Å². The Morgan fingerprint density at radius 3 is 2.57 bits per heavy atom. The van der Waals surface area contributed by atoms with Crippen molar-refractivity contribution in [2.24, 2.45) is 0 Å². The maximum Gasteiger partial charge on any atom is 0.295 e. The van der Waals surface area contributed by atoms with E-state index in [9.17, 15) is 14.7 Å². The highest BCUT2D eigenvalue weighted by Gasteiger charge is 2.46. The number of aliphatic hydroxyl groups excluding tert-OH is 1. The summed E-state index contributed by atoms with van der Waals surface area (Å²) >= 11 is 0. The summed E-state index contributed by atoms with van der Waals surface area (Å²) in [6.07, 6.45) is 3.26. The van der Waals surface area contributed by atoms with Crippen molar-refractivity contribution in [3.05, 3.63) is 64.5 Å². The van der Waals surface area contributed by atoms with E-state index in [0.717, 1.165) is 11.1 Å². The van der Waals surface area contributed by atoms with Crippen molar-refractivity contribution in [1.29, 1.82) is 0 Å². The van der Waals surface area contributed by atoms with Gasteiger partial charge in [0.05, 0.1) is 18.7 Å². The maximum absolute atomic E-state index is 13.0. The summed E-state index contributed by atoms with van der Waals surface area (Å²) in [5, 5.41) is 11.2.